The van der Waals surface area contributed by atoms with E-state index in [0.29, 0.717) is 0 Å². The quantitative estimate of drug-likeness (QED) is 0.657. The molecule has 3 heteroatoms. The second kappa shape index (κ2) is 3.66. The van der Waals surface area contributed by atoms with Gasteiger partial charge in [-0.05, 0) is 24.5 Å². The highest BCUT2D eigenvalue weighted by molar-refractivity contribution is 7.98. The number of thioether (sulfide) groups is 1. The van der Waals surface area contributed by atoms with Crippen molar-refractivity contribution in [3.63, 3.8) is 0 Å². The Kier molecular flexibility index (Phi) is 2.81. The number of nitrogens with zero attached hydrogens (tertiary/aromatic N) is 2. The van der Waals surface area contributed by atoms with Crippen LogP contribution in [0.3, 0.4) is 0 Å². The third-order valence-electron chi connectivity index (χ3n) is 1.48. The van der Waals surface area contributed by atoms with Crippen LogP contribution in [-0.2, 0) is 13.5 Å². The van der Waals surface area contributed by atoms with Crippen molar-refractivity contribution in [2.24, 2.45) is 7.05 Å². The molecule has 1 aromatic rings. The predicted molar refractivity (Wildman–Crippen MR) is 45.3 cm³/mol. The van der Waals surface area contributed by atoms with Crippen LogP contribution in [0.4, 0.5) is 0 Å². The molecule has 0 saturated carbocycles. The lowest BCUT2D eigenvalue weighted by molar-refractivity contribution is 0.720. The minimum Gasteiger partial charge on any atom is -0.273 e. The van der Waals surface area contributed by atoms with E-state index in [1.165, 1.54) is 11.4 Å². The zero-order valence-electron chi connectivity index (χ0n) is 6.37. The summed E-state index contributed by atoms with van der Waals surface area (Å²) in [5.74, 6) is 1.18. The van der Waals surface area contributed by atoms with E-state index in [4.69, 9.17) is 0 Å². The maximum atomic E-state index is 4.08. The Labute approximate surface area is 65.6 Å². The highest BCUT2D eigenvalue weighted by atomic mass is 32.2. The summed E-state index contributed by atoms with van der Waals surface area (Å²) in [4.78, 5) is 0. The van der Waals surface area contributed by atoms with Gasteiger partial charge in [0.2, 0.25) is 0 Å². The van der Waals surface area contributed by atoms with Crippen molar-refractivity contribution in [3.05, 3.63) is 18.0 Å². The Hall–Kier alpha value is -0.440. The topological polar surface area (TPSA) is 17.8 Å². The molecule has 0 saturated heterocycles. The van der Waals surface area contributed by atoms with Gasteiger partial charge >= 0.3 is 0 Å². The number of rotatable bonds is 3. The fourth-order valence-corrected chi connectivity index (χ4v) is 1.27. The van der Waals surface area contributed by atoms with Crippen LogP contribution in [0.5, 0.6) is 0 Å². The molecule has 0 aliphatic heterocycles. The van der Waals surface area contributed by atoms with Gasteiger partial charge in [-0.2, -0.15) is 16.9 Å². The smallest absolute Gasteiger partial charge is 0.0492 e. The summed E-state index contributed by atoms with van der Waals surface area (Å²) in [6.07, 6.45) is 5.09. The van der Waals surface area contributed by atoms with Crippen LogP contribution in [0.1, 0.15) is 5.69 Å². The van der Waals surface area contributed by atoms with Crippen LogP contribution in [0, 0.1) is 0 Å². The standard InChI is InChI=1S/C7H12N2S/c1-9-7(3-5-8-9)4-6-10-2/h3,5H,4,6H2,1-2H3. The van der Waals surface area contributed by atoms with E-state index >= 15 is 0 Å². The molecule has 10 heavy (non-hydrogen) atoms. The minimum atomic E-state index is 1.12. The predicted octanol–water partition coefficient (Wildman–Crippen LogP) is 1.33. The summed E-state index contributed by atoms with van der Waals surface area (Å²) in [5, 5.41) is 4.08. The van der Waals surface area contributed by atoms with Gasteiger partial charge in [0, 0.05) is 18.9 Å². The van der Waals surface area contributed by atoms with Crippen LogP contribution in [0.15, 0.2) is 12.3 Å². The second-order valence-electron chi connectivity index (χ2n) is 2.19. The van der Waals surface area contributed by atoms with Gasteiger partial charge in [-0.1, -0.05) is 0 Å². The van der Waals surface area contributed by atoms with Crippen molar-refractivity contribution in [1.82, 2.24) is 9.78 Å². The van der Waals surface area contributed by atoms with Crippen LogP contribution >= 0.6 is 11.8 Å². The number of hydrogen-bond donors (Lipinski definition) is 0. The Morgan fingerprint density at radius 3 is 3.00 bits per heavy atom. The van der Waals surface area contributed by atoms with Crippen LogP contribution < -0.4 is 0 Å². The van der Waals surface area contributed by atoms with Gasteiger partial charge in [-0.3, -0.25) is 4.68 Å². The molecule has 0 bridgehead atoms. The van der Waals surface area contributed by atoms with Crippen LogP contribution in [-0.4, -0.2) is 21.8 Å². The van der Waals surface area contributed by atoms with Crippen molar-refractivity contribution >= 4 is 11.8 Å². The van der Waals surface area contributed by atoms with Gasteiger partial charge in [0.15, 0.2) is 0 Å². The molecule has 0 atom stereocenters. The first-order valence-electron chi connectivity index (χ1n) is 3.30. The average Bonchev–Trinajstić information content (AvgIpc) is 2.31. The molecular formula is C7H12N2S. The summed E-state index contributed by atoms with van der Waals surface area (Å²) in [7, 11) is 1.98. The molecular weight excluding hydrogens is 144 g/mol. The van der Waals surface area contributed by atoms with E-state index in [1.807, 2.05) is 29.7 Å². The van der Waals surface area contributed by atoms with Crippen molar-refractivity contribution in [1.29, 1.82) is 0 Å². The molecule has 0 radical (unpaired) electrons. The Bertz CT molecular complexity index is 195. The first kappa shape index (κ1) is 7.66. The first-order valence-corrected chi connectivity index (χ1v) is 4.70. The summed E-state index contributed by atoms with van der Waals surface area (Å²) in [5.41, 5.74) is 1.31. The molecule has 2 nitrogen and oxygen atoms in total. The molecule has 0 unspecified atom stereocenters. The van der Waals surface area contributed by atoms with E-state index in [9.17, 15) is 0 Å². The number of aromatic nitrogens is 2. The summed E-state index contributed by atoms with van der Waals surface area (Å²) >= 11 is 1.87. The zero-order valence-corrected chi connectivity index (χ0v) is 7.19. The summed E-state index contributed by atoms with van der Waals surface area (Å²) < 4.78 is 1.93. The lowest BCUT2D eigenvalue weighted by Crippen LogP contribution is -1.98. The van der Waals surface area contributed by atoms with Crippen molar-refractivity contribution < 1.29 is 0 Å². The lowest BCUT2D eigenvalue weighted by Gasteiger charge is -1.97. The maximum absolute atomic E-state index is 4.08. The maximum Gasteiger partial charge on any atom is 0.0492 e. The molecule has 0 amide bonds. The van der Waals surface area contributed by atoms with Crippen molar-refractivity contribution in [2.45, 2.75) is 6.42 Å². The Morgan fingerprint density at radius 2 is 2.50 bits per heavy atom. The lowest BCUT2D eigenvalue weighted by atomic mass is 10.3. The molecule has 1 aromatic heterocycles. The second-order valence-corrected chi connectivity index (χ2v) is 3.17. The molecule has 0 spiro atoms. The monoisotopic (exact) mass is 156 g/mol. The van der Waals surface area contributed by atoms with Gasteiger partial charge in [0.05, 0.1) is 0 Å². The van der Waals surface area contributed by atoms with E-state index in [1.54, 1.807) is 0 Å². The van der Waals surface area contributed by atoms with Crippen molar-refractivity contribution in [2.75, 3.05) is 12.0 Å². The highest BCUT2D eigenvalue weighted by Crippen LogP contribution is 2.01. The first-order chi connectivity index (χ1) is 4.84. The number of hydrogen-bond acceptors (Lipinski definition) is 2. The molecule has 1 heterocycles. The van der Waals surface area contributed by atoms with Gasteiger partial charge in [0.25, 0.3) is 0 Å². The normalized spacial score (nSPS) is 10.2. The van der Waals surface area contributed by atoms with E-state index in [2.05, 4.69) is 17.4 Å². The third kappa shape index (κ3) is 1.77. The molecule has 0 aliphatic carbocycles. The minimum absolute atomic E-state index is 1.12. The average molecular weight is 156 g/mol. The van der Waals surface area contributed by atoms with Gasteiger partial charge in [-0.15, -0.1) is 0 Å². The summed E-state index contributed by atoms with van der Waals surface area (Å²) in [6, 6.07) is 2.07. The van der Waals surface area contributed by atoms with Crippen LogP contribution in [0.2, 0.25) is 0 Å². The van der Waals surface area contributed by atoms with E-state index in [0.717, 1.165) is 6.42 Å². The Morgan fingerprint density at radius 1 is 1.70 bits per heavy atom. The molecule has 0 aromatic carbocycles. The largest absolute Gasteiger partial charge is 0.273 e. The highest BCUT2D eigenvalue weighted by Gasteiger charge is 1.95. The molecule has 0 N–H and O–H groups in total. The summed E-state index contributed by atoms with van der Waals surface area (Å²) in [6.45, 7) is 0. The molecule has 56 valence electrons. The van der Waals surface area contributed by atoms with E-state index < -0.39 is 0 Å². The van der Waals surface area contributed by atoms with E-state index in [-0.39, 0.29) is 0 Å². The third-order valence-corrected chi connectivity index (χ3v) is 2.10. The zero-order chi connectivity index (χ0) is 7.40. The molecule has 1 rings (SSSR count). The van der Waals surface area contributed by atoms with Gasteiger partial charge in [0.1, 0.15) is 0 Å². The van der Waals surface area contributed by atoms with Gasteiger partial charge < -0.3 is 0 Å². The molecule has 0 aliphatic rings. The fourth-order valence-electron chi connectivity index (χ4n) is 0.853. The Balaban J connectivity index is 2.49. The number of aryl methyl sites for hydroxylation is 2. The fraction of sp³-hybridized carbons (Fsp3) is 0.571. The SMILES string of the molecule is CSCCc1ccnn1C. The van der Waals surface area contributed by atoms with Crippen molar-refractivity contribution in [3.8, 4) is 0 Å². The van der Waals surface area contributed by atoms with Gasteiger partial charge in [-0.25, -0.2) is 0 Å². The molecule has 0 fully saturated rings. The van der Waals surface area contributed by atoms with Crippen LogP contribution in [0.25, 0.3) is 0 Å².